The highest BCUT2D eigenvalue weighted by Gasteiger charge is 2.26. The van der Waals surface area contributed by atoms with Gasteiger partial charge in [-0.2, -0.15) is 0 Å². The lowest BCUT2D eigenvalue weighted by Gasteiger charge is -2.18. The maximum absolute atomic E-state index is 13.2. The minimum atomic E-state index is -0.317. The summed E-state index contributed by atoms with van der Waals surface area (Å²) in [5, 5.41) is 0. The average molecular weight is 299 g/mol. The molecule has 2 aromatic carbocycles. The normalized spacial score (nSPS) is 14.6. The Kier molecular flexibility index (Phi) is 3.75. The van der Waals surface area contributed by atoms with E-state index in [-0.39, 0.29) is 17.5 Å². The van der Waals surface area contributed by atoms with Crippen LogP contribution < -0.4 is 0 Å². The van der Waals surface area contributed by atoms with Crippen molar-refractivity contribution in [2.45, 2.75) is 12.8 Å². The van der Waals surface area contributed by atoms with E-state index in [1.165, 1.54) is 24.3 Å². The molecule has 1 amide bonds. The number of carbonyl (C=O) groups excluding carboxylic acids is 1. The first-order valence-corrected chi connectivity index (χ1v) is 7.08. The highest BCUT2D eigenvalue weighted by molar-refractivity contribution is 5.89. The monoisotopic (exact) mass is 299 g/mol. The van der Waals surface area contributed by atoms with Crippen LogP contribution >= 0.6 is 0 Å². The van der Waals surface area contributed by atoms with E-state index in [0.717, 1.165) is 22.4 Å². The van der Waals surface area contributed by atoms with Crippen LogP contribution in [0.25, 0.3) is 5.57 Å². The summed E-state index contributed by atoms with van der Waals surface area (Å²) in [6, 6.07) is 12.3. The Labute approximate surface area is 127 Å². The molecule has 2 aromatic rings. The van der Waals surface area contributed by atoms with Crippen molar-refractivity contribution in [2.75, 3.05) is 7.05 Å². The molecule has 0 N–H and O–H groups in total. The van der Waals surface area contributed by atoms with E-state index in [0.29, 0.717) is 12.8 Å². The van der Waals surface area contributed by atoms with E-state index in [4.69, 9.17) is 0 Å². The van der Waals surface area contributed by atoms with Crippen molar-refractivity contribution in [1.82, 2.24) is 4.90 Å². The van der Waals surface area contributed by atoms with Crippen molar-refractivity contribution in [2.24, 2.45) is 0 Å². The fourth-order valence-corrected chi connectivity index (χ4v) is 2.74. The molecule has 0 aromatic heterocycles. The van der Waals surface area contributed by atoms with Gasteiger partial charge in [0, 0.05) is 24.7 Å². The molecular formula is C18H15F2NO. The molecule has 0 unspecified atom stereocenters. The molecule has 0 spiro atoms. The van der Waals surface area contributed by atoms with Crippen LogP contribution in [0.3, 0.4) is 0 Å². The predicted octanol–water partition coefficient (Wildman–Crippen LogP) is 3.98. The SMILES string of the molecule is CN1C(=O)CCC1=C(c1ccc(F)cc1)c1ccc(F)cc1. The fourth-order valence-electron chi connectivity index (χ4n) is 2.74. The summed E-state index contributed by atoms with van der Waals surface area (Å²) < 4.78 is 26.4. The average Bonchev–Trinajstić information content (AvgIpc) is 2.84. The number of likely N-dealkylation sites (tertiary alicyclic amines) is 1. The Morgan fingerprint density at radius 1 is 0.864 bits per heavy atom. The molecule has 112 valence electrons. The van der Waals surface area contributed by atoms with Crippen LogP contribution in [0.1, 0.15) is 24.0 Å². The van der Waals surface area contributed by atoms with Gasteiger partial charge in [-0.25, -0.2) is 8.78 Å². The maximum atomic E-state index is 13.2. The summed E-state index contributed by atoms with van der Waals surface area (Å²) in [7, 11) is 1.73. The third-order valence-corrected chi connectivity index (χ3v) is 3.91. The number of hydrogen-bond donors (Lipinski definition) is 0. The number of halogens is 2. The van der Waals surface area contributed by atoms with Crippen LogP contribution in [0.2, 0.25) is 0 Å². The number of nitrogens with zero attached hydrogens (tertiary/aromatic N) is 1. The van der Waals surface area contributed by atoms with Gasteiger partial charge in [0.25, 0.3) is 0 Å². The summed E-state index contributed by atoms with van der Waals surface area (Å²) >= 11 is 0. The Balaban J connectivity index is 2.18. The second-order valence-corrected chi connectivity index (χ2v) is 5.29. The zero-order chi connectivity index (χ0) is 15.7. The van der Waals surface area contributed by atoms with Crippen molar-refractivity contribution in [3.8, 4) is 0 Å². The lowest BCUT2D eigenvalue weighted by Crippen LogP contribution is -2.18. The van der Waals surface area contributed by atoms with Gasteiger partial charge in [0.2, 0.25) is 5.91 Å². The van der Waals surface area contributed by atoms with Crippen molar-refractivity contribution in [1.29, 1.82) is 0 Å². The molecule has 1 aliphatic rings. The number of benzene rings is 2. The number of hydrogen-bond acceptors (Lipinski definition) is 1. The molecule has 2 nitrogen and oxygen atoms in total. The van der Waals surface area contributed by atoms with Crippen LogP contribution in [-0.4, -0.2) is 17.9 Å². The molecule has 0 saturated carbocycles. The third-order valence-electron chi connectivity index (χ3n) is 3.91. The second kappa shape index (κ2) is 5.72. The first-order valence-electron chi connectivity index (χ1n) is 7.08. The molecule has 1 heterocycles. The maximum Gasteiger partial charge on any atom is 0.226 e. The van der Waals surface area contributed by atoms with Gasteiger partial charge in [-0.05, 0) is 41.8 Å². The lowest BCUT2D eigenvalue weighted by molar-refractivity contribution is -0.125. The molecule has 0 aliphatic carbocycles. The van der Waals surface area contributed by atoms with E-state index >= 15 is 0 Å². The summed E-state index contributed by atoms with van der Waals surface area (Å²) in [4.78, 5) is 13.5. The Morgan fingerprint density at radius 3 is 1.68 bits per heavy atom. The van der Waals surface area contributed by atoms with Gasteiger partial charge in [0.1, 0.15) is 11.6 Å². The highest BCUT2D eigenvalue weighted by atomic mass is 19.1. The lowest BCUT2D eigenvalue weighted by atomic mass is 9.95. The Hall–Kier alpha value is -2.49. The van der Waals surface area contributed by atoms with Gasteiger partial charge in [-0.1, -0.05) is 24.3 Å². The van der Waals surface area contributed by atoms with E-state index in [2.05, 4.69) is 0 Å². The van der Waals surface area contributed by atoms with Gasteiger partial charge < -0.3 is 4.90 Å². The van der Waals surface area contributed by atoms with Crippen molar-refractivity contribution in [3.05, 3.63) is 77.0 Å². The quantitative estimate of drug-likeness (QED) is 0.821. The molecule has 0 atom stereocenters. The van der Waals surface area contributed by atoms with Gasteiger partial charge in [-0.3, -0.25) is 4.79 Å². The number of amides is 1. The van der Waals surface area contributed by atoms with E-state index in [1.807, 2.05) is 0 Å². The molecular weight excluding hydrogens is 284 g/mol. The minimum Gasteiger partial charge on any atom is -0.319 e. The molecule has 0 bridgehead atoms. The van der Waals surface area contributed by atoms with Gasteiger partial charge in [0.15, 0.2) is 0 Å². The highest BCUT2D eigenvalue weighted by Crippen LogP contribution is 2.34. The number of allylic oxidation sites excluding steroid dienone is 1. The summed E-state index contributed by atoms with van der Waals surface area (Å²) in [6.45, 7) is 0. The topological polar surface area (TPSA) is 20.3 Å². The van der Waals surface area contributed by atoms with Crippen LogP contribution in [0.5, 0.6) is 0 Å². The van der Waals surface area contributed by atoms with Crippen molar-refractivity contribution < 1.29 is 13.6 Å². The zero-order valence-corrected chi connectivity index (χ0v) is 12.1. The first kappa shape index (κ1) is 14.4. The fraction of sp³-hybridized carbons (Fsp3) is 0.167. The molecule has 0 radical (unpaired) electrons. The Morgan fingerprint density at radius 2 is 1.32 bits per heavy atom. The van der Waals surface area contributed by atoms with E-state index < -0.39 is 0 Å². The van der Waals surface area contributed by atoms with Crippen LogP contribution in [-0.2, 0) is 4.79 Å². The molecule has 4 heteroatoms. The largest absolute Gasteiger partial charge is 0.319 e. The zero-order valence-electron chi connectivity index (χ0n) is 12.1. The first-order chi connectivity index (χ1) is 10.6. The van der Waals surface area contributed by atoms with Gasteiger partial charge >= 0.3 is 0 Å². The van der Waals surface area contributed by atoms with Crippen LogP contribution in [0.4, 0.5) is 8.78 Å². The van der Waals surface area contributed by atoms with E-state index in [1.54, 1.807) is 36.2 Å². The van der Waals surface area contributed by atoms with Crippen LogP contribution in [0.15, 0.2) is 54.2 Å². The molecule has 1 saturated heterocycles. The molecule has 1 aliphatic heterocycles. The molecule has 1 fully saturated rings. The minimum absolute atomic E-state index is 0.0525. The van der Waals surface area contributed by atoms with Gasteiger partial charge in [0.05, 0.1) is 0 Å². The number of rotatable bonds is 2. The van der Waals surface area contributed by atoms with Crippen LogP contribution in [0, 0.1) is 11.6 Å². The van der Waals surface area contributed by atoms with E-state index in [9.17, 15) is 13.6 Å². The molecule has 3 rings (SSSR count). The number of carbonyl (C=O) groups is 1. The summed E-state index contributed by atoms with van der Waals surface area (Å²) in [5.41, 5.74) is 3.34. The smallest absolute Gasteiger partial charge is 0.226 e. The van der Waals surface area contributed by atoms with Gasteiger partial charge in [-0.15, -0.1) is 0 Å². The third kappa shape index (κ3) is 2.64. The standard InChI is InChI=1S/C18H15F2NO/c1-21-16(10-11-17(21)22)18(12-2-6-14(19)7-3-12)13-4-8-15(20)9-5-13/h2-9H,10-11H2,1H3. The second-order valence-electron chi connectivity index (χ2n) is 5.29. The predicted molar refractivity (Wildman–Crippen MR) is 80.8 cm³/mol. The van der Waals surface area contributed by atoms with Crippen molar-refractivity contribution >= 4 is 11.5 Å². The van der Waals surface area contributed by atoms with Crippen molar-refractivity contribution in [3.63, 3.8) is 0 Å². The molecule has 22 heavy (non-hydrogen) atoms. The Bertz CT molecular complexity index is 685. The summed E-state index contributed by atoms with van der Waals surface area (Å²) in [6.07, 6.45) is 1.08. The summed E-state index contributed by atoms with van der Waals surface area (Å²) in [5.74, 6) is -0.581.